The van der Waals surface area contributed by atoms with Crippen LogP contribution in [0.15, 0.2) is 54.6 Å². The minimum Gasteiger partial charge on any atom is -0.321 e. The largest absolute Gasteiger partial charge is 0.321 e. The summed E-state index contributed by atoms with van der Waals surface area (Å²) in [4.78, 5) is 0. The number of rotatable bonds is 5. The van der Waals surface area contributed by atoms with Gasteiger partial charge in [-0.15, -0.1) is 0 Å². The molecule has 0 unspecified atom stereocenters. The summed E-state index contributed by atoms with van der Waals surface area (Å²) in [6.07, 6.45) is 0. The van der Waals surface area contributed by atoms with E-state index in [2.05, 4.69) is 49.0 Å². The lowest BCUT2D eigenvalue weighted by atomic mass is 10.0. The third-order valence-corrected chi connectivity index (χ3v) is 2.95. The maximum Gasteiger partial charge on any atom is 0.0487 e. The Labute approximate surface area is 109 Å². The molecule has 0 aliphatic heterocycles. The summed E-state index contributed by atoms with van der Waals surface area (Å²) in [5, 5.41) is 0. The van der Waals surface area contributed by atoms with Crippen LogP contribution in [0.1, 0.15) is 30.9 Å². The lowest BCUT2D eigenvalue weighted by Crippen LogP contribution is -2.20. The van der Waals surface area contributed by atoms with Crippen molar-refractivity contribution >= 4 is 5.69 Å². The third kappa shape index (κ3) is 3.60. The van der Waals surface area contributed by atoms with Crippen molar-refractivity contribution in [2.24, 2.45) is 0 Å². The minimum atomic E-state index is 0.592. The molecule has 0 spiro atoms. The van der Waals surface area contributed by atoms with Crippen LogP contribution in [0.25, 0.3) is 0 Å². The van der Waals surface area contributed by atoms with Gasteiger partial charge in [-0.3, -0.25) is 0 Å². The smallest absolute Gasteiger partial charge is 0.0487 e. The van der Waals surface area contributed by atoms with Crippen LogP contribution in [0.3, 0.4) is 0 Å². The van der Waals surface area contributed by atoms with Gasteiger partial charge in [0.2, 0.25) is 0 Å². The first-order valence-corrected chi connectivity index (χ1v) is 6.38. The van der Waals surface area contributed by atoms with Gasteiger partial charge in [0, 0.05) is 12.2 Å². The molecule has 2 aromatic rings. The number of hydrazine groups is 1. The molecule has 0 bridgehead atoms. The van der Waals surface area contributed by atoms with Gasteiger partial charge in [0.25, 0.3) is 0 Å². The summed E-state index contributed by atoms with van der Waals surface area (Å²) in [5.74, 6) is 0.592. The van der Waals surface area contributed by atoms with Crippen molar-refractivity contribution in [3.8, 4) is 0 Å². The Morgan fingerprint density at radius 1 is 0.889 bits per heavy atom. The fourth-order valence-electron chi connectivity index (χ4n) is 1.79. The van der Waals surface area contributed by atoms with Crippen LogP contribution in [0.5, 0.6) is 0 Å². The van der Waals surface area contributed by atoms with Gasteiger partial charge in [-0.05, 0) is 29.2 Å². The van der Waals surface area contributed by atoms with Crippen LogP contribution in [0.4, 0.5) is 5.69 Å². The zero-order valence-corrected chi connectivity index (χ0v) is 11.0. The molecule has 0 aliphatic rings. The molecule has 0 aliphatic carbocycles. The Morgan fingerprint density at radius 2 is 1.56 bits per heavy atom. The maximum atomic E-state index is 3.22. The summed E-state index contributed by atoms with van der Waals surface area (Å²) in [7, 11) is 0. The number of anilines is 1. The van der Waals surface area contributed by atoms with Gasteiger partial charge in [0.15, 0.2) is 0 Å². The van der Waals surface area contributed by atoms with E-state index in [9.17, 15) is 0 Å². The topological polar surface area (TPSA) is 24.1 Å². The van der Waals surface area contributed by atoms with E-state index in [1.807, 2.05) is 30.3 Å². The van der Waals surface area contributed by atoms with Crippen molar-refractivity contribution in [3.63, 3.8) is 0 Å². The van der Waals surface area contributed by atoms with Gasteiger partial charge < -0.3 is 5.43 Å². The van der Waals surface area contributed by atoms with Crippen molar-refractivity contribution < 1.29 is 0 Å². The Hall–Kier alpha value is -1.80. The van der Waals surface area contributed by atoms with Crippen LogP contribution < -0.4 is 10.9 Å². The highest BCUT2D eigenvalue weighted by molar-refractivity contribution is 5.41. The Kier molecular flexibility index (Phi) is 4.37. The molecule has 2 aromatic carbocycles. The zero-order chi connectivity index (χ0) is 12.8. The predicted octanol–water partition coefficient (Wildman–Crippen LogP) is 3.93. The van der Waals surface area contributed by atoms with Gasteiger partial charge in [0.1, 0.15) is 0 Å². The van der Waals surface area contributed by atoms with Crippen LogP contribution in [-0.2, 0) is 6.54 Å². The Morgan fingerprint density at radius 3 is 2.17 bits per heavy atom. The molecule has 94 valence electrons. The molecule has 0 fully saturated rings. The number of benzene rings is 2. The number of nitrogens with one attached hydrogen (secondary N) is 2. The molecule has 2 N–H and O–H groups in total. The molecule has 0 amide bonds. The highest BCUT2D eigenvalue weighted by Crippen LogP contribution is 2.14. The summed E-state index contributed by atoms with van der Waals surface area (Å²) in [6, 6.07) is 18.9. The number of hydrogen-bond donors (Lipinski definition) is 2. The average molecular weight is 240 g/mol. The maximum absolute atomic E-state index is 3.22. The Balaban J connectivity index is 1.83. The summed E-state index contributed by atoms with van der Waals surface area (Å²) >= 11 is 0. The van der Waals surface area contributed by atoms with Crippen molar-refractivity contribution in [2.45, 2.75) is 26.3 Å². The molecule has 0 saturated carbocycles. The van der Waals surface area contributed by atoms with E-state index in [0.29, 0.717) is 5.92 Å². The van der Waals surface area contributed by atoms with E-state index in [1.165, 1.54) is 11.1 Å². The molecule has 2 nitrogen and oxygen atoms in total. The van der Waals surface area contributed by atoms with Gasteiger partial charge >= 0.3 is 0 Å². The first kappa shape index (κ1) is 12.7. The normalized spacial score (nSPS) is 10.6. The first-order chi connectivity index (χ1) is 8.75. The molecule has 2 rings (SSSR count). The molecule has 0 saturated heterocycles. The summed E-state index contributed by atoms with van der Waals surface area (Å²) < 4.78 is 0. The summed E-state index contributed by atoms with van der Waals surface area (Å²) in [6.45, 7) is 5.24. The molecule has 0 atom stereocenters. The second-order valence-electron chi connectivity index (χ2n) is 4.74. The molecule has 18 heavy (non-hydrogen) atoms. The average Bonchev–Trinajstić information content (AvgIpc) is 2.40. The van der Waals surface area contributed by atoms with Gasteiger partial charge in [-0.2, -0.15) is 0 Å². The quantitative estimate of drug-likeness (QED) is 0.774. The second-order valence-corrected chi connectivity index (χ2v) is 4.74. The zero-order valence-electron chi connectivity index (χ0n) is 11.0. The van der Waals surface area contributed by atoms with Gasteiger partial charge in [-0.25, -0.2) is 5.43 Å². The first-order valence-electron chi connectivity index (χ1n) is 6.38. The molecule has 0 heterocycles. The van der Waals surface area contributed by atoms with Crippen LogP contribution in [0, 0.1) is 0 Å². The van der Waals surface area contributed by atoms with Crippen molar-refractivity contribution in [3.05, 3.63) is 65.7 Å². The lowest BCUT2D eigenvalue weighted by Gasteiger charge is -2.10. The van der Waals surface area contributed by atoms with Crippen LogP contribution >= 0.6 is 0 Å². The number of para-hydroxylation sites is 1. The predicted molar refractivity (Wildman–Crippen MR) is 77.4 cm³/mol. The van der Waals surface area contributed by atoms with E-state index in [0.717, 1.165) is 12.2 Å². The fraction of sp³-hybridized carbons (Fsp3) is 0.250. The van der Waals surface area contributed by atoms with Crippen molar-refractivity contribution in [1.82, 2.24) is 5.43 Å². The van der Waals surface area contributed by atoms with E-state index in [-0.39, 0.29) is 0 Å². The SMILES string of the molecule is CC(C)c1ccc(CNNc2ccccc2)cc1. The minimum absolute atomic E-state index is 0.592. The van der Waals surface area contributed by atoms with E-state index < -0.39 is 0 Å². The molecule has 0 radical (unpaired) electrons. The standard InChI is InChI=1S/C16H20N2/c1-13(2)15-10-8-14(9-11-15)12-17-18-16-6-4-3-5-7-16/h3-11,13,17-18H,12H2,1-2H3. The highest BCUT2D eigenvalue weighted by atomic mass is 15.3. The fourth-order valence-corrected chi connectivity index (χ4v) is 1.79. The van der Waals surface area contributed by atoms with Crippen molar-refractivity contribution in [2.75, 3.05) is 5.43 Å². The van der Waals surface area contributed by atoms with Crippen molar-refractivity contribution in [1.29, 1.82) is 0 Å². The van der Waals surface area contributed by atoms with Crippen LogP contribution in [0.2, 0.25) is 0 Å². The molecular weight excluding hydrogens is 220 g/mol. The van der Waals surface area contributed by atoms with Gasteiger partial charge in [0.05, 0.1) is 0 Å². The van der Waals surface area contributed by atoms with Crippen LogP contribution in [-0.4, -0.2) is 0 Å². The monoisotopic (exact) mass is 240 g/mol. The number of hydrogen-bond acceptors (Lipinski definition) is 2. The van der Waals surface area contributed by atoms with E-state index in [4.69, 9.17) is 0 Å². The van der Waals surface area contributed by atoms with E-state index >= 15 is 0 Å². The lowest BCUT2D eigenvalue weighted by molar-refractivity contribution is 0.798. The molecule has 0 aromatic heterocycles. The van der Waals surface area contributed by atoms with Gasteiger partial charge in [-0.1, -0.05) is 56.3 Å². The van der Waals surface area contributed by atoms with E-state index in [1.54, 1.807) is 0 Å². The highest BCUT2D eigenvalue weighted by Gasteiger charge is 1.98. The second kappa shape index (κ2) is 6.22. The Bertz CT molecular complexity index is 460. The molecular formula is C16H20N2. The summed E-state index contributed by atoms with van der Waals surface area (Å²) in [5.41, 5.74) is 10.1. The third-order valence-electron chi connectivity index (χ3n) is 2.95. The molecule has 2 heteroatoms.